The molecular weight excluding hydrogens is 206 g/mol. The van der Waals surface area contributed by atoms with Crippen molar-refractivity contribution in [3.63, 3.8) is 0 Å². The van der Waals surface area contributed by atoms with Gasteiger partial charge in [0.25, 0.3) is 0 Å². The van der Waals surface area contributed by atoms with Gasteiger partial charge in [-0.2, -0.15) is 0 Å². The Hall–Kier alpha value is -0.650. The third-order valence-electron chi connectivity index (χ3n) is 2.84. The minimum absolute atomic E-state index is 0.0124. The van der Waals surface area contributed by atoms with Crippen molar-refractivity contribution in [1.82, 2.24) is 9.80 Å². The molecule has 1 aliphatic heterocycles. The molecule has 0 aromatic heterocycles. The van der Waals surface area contributed by atoms with E-state index in [0.717, 1.165) is 26.1 Å². The Morgan fingerprint density at radius 2 is 2.00 bits per heavy atom. The molecule has 0 aliphatic carbocycles. The van der Waals surface area contributed by atoms with E-state index in [0.29, 0.717) is 13.1 Å². The Kier molecular flexibility index (Phi) is 4.70. The average molecular weight is 229 g/mol. The van der Waals surface area contributed by atoms with Gasteiger partial charge in [-0.05, 0) is 26.8 Å². The normalized spacial score (nSPS) is 19.6. The van der Waals surface area contributed by atoms with Crippen LogP contribution in [0.15, 0.2) is 0 Å². The highest BCUT2D eigenvalue weighted by atomic mass is 16.3. The molecule has 0 saturated carbocycles. The molecule has 0 aromatic rings. The summed E-state index contributed by atoms with van der Waals surface area (Å²) in [6, 6.07) is 0. The van der Waals surface area contributed by atoms with Crippen LogP contribution in [0, 0.1) is 0 Å². The van der Waals surface area contributed by atoms with E-state index >= 15 is 0 Å². The smallest absolute Gasteiger partial charge is 0.242 e. The van der Waals surface area contributed by atoms with Crippen LogP contribution in [0.2, 0.25) is 0 Å². The van der Waals surface area contributed by atoms with Gasteiger partial charge in [0.1, 0.15) is 0 Å². The van der Waals surface area contributed by atoms with E-state index in [1.807, 2.05) is 4.90 Å². The largest absolute Gasteiger partial charge is 0.395 e. The van der Waals surface area contributed by atoms with Crippen LogP contribution in [-0.4, -0.2) is 65.7 Å². The Morgan fingerprint density at radius 3 is 2.56 bits per heavy atom. The molecule has 1 heterocycles. The molecule has 0 aromatic carbocycles. The van der Waals surface area contributed by atoms with Crippen molar-refractivity contribution in [1.29, 1.82) is 0 Å². The van der Waals surface area contributed by atoms with Crippen LogP contribution in [0.1, 0.15) is 20.3 Å². The number of β-amino-alcohol motifs (C(OH)–C–C–N with tert-alkyl or cyclic N) is 1. The molecule has 1 amide bonds. The van der Waals surface area contributed by atoms with E-state index in [4.69, 9.17) is 10.8 Å². The summed E-state index contributed by atoms with van der Waals surface area (Å²) in [6.45, 7) is 7.58. The van der Waals surface area contributed by atoms with Crippen LogP contribution in [-0.2, 0) is 4.79 Å². The van der Waals surface area contributed by atoms with E-state index in [1.54, 1.807) is 13.8 Å². The minimum Gasteiger partial charge on any atom is -0.395 e. The molecule has 0 spiro atoms. The van der Waals surface area contributed by atoms with Crippen LogP contribution in [0.4, 0.5) is 0 Å². The highest BCUT2D eigenvalue weighted by molar-refractivity contribution is 5.85. The van der Waals surface area contributed by atoms with Gasteiger partial charge >= 0.3 is 0 Å². The third kappa shape index (κ3) is 3.73. The van der Waals surface area contributed by atoms with E-state index < -0.39 is 5.54 Å². The maximum absolute atomic E-state index is 12.0. The molecular formula is C11H23N3O2. The van der Waals surface area contributed by atoms with E-state index in [1.165, 1.54) is 0 Å². The standard InChI is InChI=1S/C11H23N3O2/c1-11(2,12)10(16)14-5-3-4-13(6-7-14)8-9-15/h15H,3-9,12H2,1-2H3. The van der Waals surface area contributed by atoms with Gasteiger partial charge < -0.3 is 15.7 Å². The lowest BCUT2D eigenvalue weighted by atomic mass is 10.1. The second-order valence-corrected chi connectivity index (χ2v) is 4.93. The topological polar surface area (TPSA) is 69.8 Å². The number of amides is 1. The molecule has 0 atom stereocenters. The summed E-state index contributed by atoms with van der Waals surface area (Å²) in [5.74, 6) is 0.0124. The van der Waals surface area contributed by atoms with Crippen molar-refractivity contribution >= 4 is 5.91 Å². The number of hydrogen-bond acceptors (Lipinski definition) is 4. The number of aliphatic hydroxyl groups is 1. The molecule has 0 radical (unpaired) electrons. The van der Waals surface area contributed by atoms with Crippen LogP contribution < -0.4 is 5.73 Å². The summed E-state index contributed by atoms with van der Waals surface area (Å²) in [6.07, 6.45) is 0.946. The summed E-state index contributed by atoms with van der Waals surface area (Å²) in [4.78, 5) is 16.0. The van der Waals surface area contributed by atoms with Crippen molar-refractivity contribution in [2.24, 2.45) is 5.73 Å². The van der Waals surface area contributed by atoms with Crippen molar-refractivity contribution in [2.75, 3.05) is 39.3 Å². The van der Waals surface area contributed by atoms with Gasteiger partial charge in [-0.1, -0.05) is 0 Å². The number of carbonyl (C=O) groups excluding carboxylic acids is 1. The Bertz CT molecular complexity index is 238. The fourth-order valence-electron chi connectivity index (χ4n) is 1.95. The molecule has 5 nitrogen and oxygen atoms in total. The zero-order valence-corrected chi connectivity index (χ0v) is 10.3. The van der Waals surface area contributed by atoms with Gasteiger partial charge in [0, 0.05) is 26.2 Å². The lowest BCUT2D eigenvalue weighted by Crippen LogP contribution is -2.52. The highest BCUT2D eigenvalue weighted by Gasteiger charge is 2.28. The van der Waals surface area contributed by atoms with Crippen LogP contribution in [0.5, 0.6) is 0 Å². The number of rotatable bonds is 3. The summed E-state index contributed by atoms with van der Waals surface area (Å²) in [7, 11) is 0. The number of carbonyl (C=O) groups is 1. The summed E-state index contributed by atoms with van der Waals surface area (Å²) in [5, 5.41) is 8.87. The molecule has 0 unspecified atom stereocenters. The first-order valence-corrected chi connectivity index (χ1v) is 5.86. The second kappa shape index (κ2) is 5.61. The lowest BCUT2D eigenvalue weighted by Gasteiger charge is -2.28. The molecule has 3 N–H and O–H groups in total. The zero-order valence-electron chi connectivity index (χ0n) is 10.3. The van der Waals surface area contributed by atoms with E-state index in [2.05, 4.69) is 4.90 Å². The van der Waals surface area contributed by atoms with Gasteiger partial charge in [0.2, 0.25) is 5.91 Å². The first-order chi connectivity index (χ1) is 7.45. The molecule has 1 rings (SSSR count). The lowest BCUT2D eigenvalue weighted by molar-refractivity contribution is -0.135. The summed E-state index contributed by atoms with van der Waals surface area (Å²) < 4.78 is 0. The van der Waals surface area contributed by atoms with Crippen LogP contribution in [0.25, 0.3) is 0 Å². The third-order valence-corrected chi connectivity index (χ3v) is 2.84. The fourth-order valence-corrected chi connectivity index (χ4v) is 1.95. The number of hydrogen-bond donors (Lipinski definition) is 2. The Morgan fingerprint density at radius 1 is 1.31 bits per heavy atom. The van der Waals surface area contributed by atoms with Crippen molar-refractivity contribution in [3.8, 4) is 0 Å². The SMILES string of the molecule is CC(C)(N)C(=O)N1CCCN(CCO)CC1. The minimum atomic E-state index is -0.786. The predicted octanol–water partition coefficient (Wildman–Crippen LogP) is -0.750. The molecule has 16 heavy (non-hydrogen) atoms. The van der Waals surface area contributed by atoms with Crippen LogP contribution in [0.3, 0.4) is 0 Å². The maximum Gasteiger partial charge on any atom is 0.242 e. The number of nitrogens with zero attached hydrogens (tertiary/aromatic N) is 2. The number of nitrogens with two attached hydrogens (primary N) is 1. The Balaban J connectivity index is 2.50. The quantitative estimate of drug-likeness (QED) is 0.668. The van der Waals surface area contributed by atoms with Crippen LogP contribution >= 0.6 is 0 Å². The molecule has 1 fully saturated rings. The molecule has 5 heteroatoms. The van der Waals surface area contributed by atoms with E-state index in [9.17, 15) is 4.79 Å². The average Bonchev–Trinajstić information content (AvgIpc) is 2.41. The zero-order chi connectivity index (χ0) is 12.2. The molecule has 94 valence electrons. The first kappa shape index (κ1) is 13.4. The fraction of sp³-hybridized carbons (Fsp3) is 0.909. The van der Waals surface area contributed by atoms with Gasteiger partial charge in [-0.15, -0.1) is 0 Å². The highest BCUT2D eigenvalue weighted by Crippen LogP contribution is 2.09. The van der Waals surface area contributed by atoms with Crippen molar-refractivity contribution < 1.29 is 9.90 Å². The van der Waals surface area contributed by atoms with Gasteiger partial charge in [-0.3, -0.25) is 9.69 Å². The summed E-state index contributed by atoms with van der Waals surface area (Å²) >= 11 is 0. The second-order valence-electron chi connectivity index (χ2n) is 4.93. The summed E-state index contributed by atoms with van der Waals surface area (Å²) in [5.41, 5.74) is 5.02. The first-order valence-electron chi connectivity index (χ1n) is 5.86. The predicted molar refractivity (Wildman–Crippen MR) is 63.0 cm³/mol. The monoisotopic (exact) mass is 229 g/mol. The van der Waals surface area contributed by atoms with Crippen molar-refractivity contribution in [2.45, 2.75) is 25.8 Å². The molecule has 1 aliphatic rings. The molecule has 1 saturated heterocycles. The van der Waals surface area contributed by atoms with E-state index in [-0.39, 0.29) is 12.5 Å². The van der Waals surface area contributed by atoms with Gasteiger partial charge in [0.05, 0.1) is 12.1 Å². The number of aliphatic hydroxyl groups excluding tert-OH is 1. The van der Waals surface area contributed by atoms with Gasteiger partial charge in [0.15, 0.2) is 0 Å². The Labute approximate surface area is 97.2 Å². The van der Waals surface area contributed by atoms with Gasteiger partial charge in [-0.25, -0.2) is 0 Å². The molecule has 0 bridgehead atoms. The maximum atomic E-state index is 12.0. The van der Waals surface area contributed by atoms with Crippen molar-refractivity contribution in [3.05, 3.63) is 0 Å².